The average molecular weight is 322 g/mol. The maximum Gasteiger partial charge on any atom is 0.343 e. The first kappa shape index (κ1) is 14.1. The molecule has 0 aliphatic heterocycles. The Kier molecular flexibility index (Phi) is 3.68. The molecule has 0 fully saturated rings. The molecule has 3 rings (SSSR count). The fraction of sp³-hybridized carbons (Fsp3) is 0.333. The van der Waals surface area contributed by atoms with Gasteiger partial charge in [-0.2, -0.15) is 0 Å². The summed E-state index contributed by atoms with van der Waals surface area (Å²) in [6.45, 7) is 4.51. The van der Waals surface area contributed by atoms with Gasteiger partial charge < -0.3 is 5.32 Å². The van der Waals surface area contributed by atoms with E-state index < -0.39 is 0 Å². The zero-order valence-electron chi connectivity index (χ0n) is 11.8. The van der Waals surface area contributed by atoms with Gasteiger partial charge in [0.25, 0.3) is 0 Å². The fourth-order valence-corrected chi connectivity index (χ4v) is 3.88. The van der Waals surface area contributed by atoms with Crippen LogP contribution >= 0.6 is 23.1 Å². The lowest BCUT2D eigenvalue weighted by Gasteiger charge is -2.05. The lowest BCUT2D eigenvalue weighted by atomic mass is 10.4. The quantitative estimate of drug-likeness (QED) is 0.715. The molecule has 3 heterocycles. The van der Waals surface area contributed by atoms with Crippen molar-refractivity contribution in [2.24, 2.45) is 0 Å². The number of anilines is 1. The number of aromatic nitrogens is 5. The number of aromatic amines is 1. The summed E-state index contributed by atoms with van der Waals surface area (Å²) < 4.78 is 1.58. The Morgan fingerprint density at radius 3 is 3.00 bits per heavy atom. The molecule has 0 aromatic carbocycles. The second kappa shape index (κ2) is 5.49. The van der Waals surface area contributed by atoms with E-state index >= 15 is 0 Å². The van der Waals surface area contributed by atoms with Crippen molar-refractivity contribution in [2.45, 2.75) is 30.6 Å². The van der Waals surface area contributed by atoms with E-state index in [4.69, 9.17) is 0 Å². The van der Waals surface area contributed by atoms with Crippen LogP contribution in [0.1, 0.15) is 11.8 Å². The number of thiophene rings is 1. The van der Waals surface area contributed by atoms with Crippen molar-refractivity contribution in [1.82, 2.24) is 24.7 Å². The third kappa shape index (κ3) is 2.54. The number of fused-ring (bicyclic) bond motifs is 1. The number of hydrogen-bond donors (Lipinski definition) is 2. The summed E-state index contributed by atoms with van der Waals surface area (Å²) in [5.74, 6) is 0.563. The predicted octanol–water partition coefficient (Wildman–Crippen LogP) is 2.10. The first-order chi connectivity index (χ1) is 10.1. The Hall–Kier alpha value is -1.87. The maximum atomic E-state index is 11.6. The molecule has 0 atom stereocenters. The highest BCUT2D eigenvalue weighted by atomic mass is 32.2. The van der Waals surface area contributed by atoms with Crippen molar-refractivity contribution in [1.29, 1.82) is 0 Å². The predicted molar refractivity (Wildman–Crippen MR) is 84.3 cm³/mol. The smallest absolute Gasteiger partial charge is 0.343 e. The lowest BCUT2D eigenvalue weighted by molar-refractivity contribution is 0.660. The van der Waals surface area contributed by atoms with E-state index in [1.807, 2.05) is 13.8 Å². The Morgan fingerprint density at radius 2 is 2.29 bits per heavy atom. The molecule has 7 nitrogen and oxygen atoms in total. The highest BCUT2D eigenvalue weighted by molar-refractivity contribution is 7.99. The molecule has 0 saturated heterocycles. The summed E-state index contributed by atoms with van der Waals surface area (Å²) in [7, 11) is 1.78. The topological polar surface area (TPSA) is 88.5 Å². The Morgan fingerprint density at radius 1 is 1.48 bits per heavy atom. The zero-order valence-corrected chi connectivity index (χ0v) is 13.4. The molecule has 3 aromatic rings. The SMILES string of the molecule is CCn1c(Sc2nc(NC)nc3sc(C)cc23)n[nH]c1=O. The molecule has 0 amide bonds. The molecule has 3 aromatic heterocycles. The highest BCUT2D eigenvalue weighted by Crippen LogP contribution is 2.34. The van der Waals surface area contributed by atoms with Crippen LogP contribution < -0.4 is 11.0 Å². The van der Waals surface area contributed by atoms with Gasteiger partial charge in [-0.05, 0) is 31.7 Å². The average Bonchev–Trinajstić information content (AvgIpc) is 3.01. The summed E-state index contributed by atoms with van der Waals surface area (Å²) in [6.07, 6.45) is 0. The molecule has 0 aliphatic rings. The molecular weight excluding hydrogens is 308 g/mol. The van der Waals surface area contributed by atoms with Gasteiger partial charge in [-0.25, -0.2) is 19.9 Å². The molecule has 0 aliphatic carbocycles. The van der Waals surface area contributed by atoms with Crippen LogP contribution in [0, 0.1) is 6.92 Å². The van der Waals surface area contributed by atoms with Crippen LogP contribution in [0.15, 0.2) is 21.0 Å². The van der Waals surface area contributed by atoms with E-state index in [9.17, 15) is 4.79 Å². The summed E-state index contributed by atoms with van der Waals surface area (Å²) in [6, 6.07) is 2.06. The first-order valence-corrected chi connectivity index (χ1v) is 8.04. The maximum absolute atomic E-state index is 11.6. The molecule has 0 saturated carbocycles. The minimum absolute atomic E-state index is 0.208. The number of nitrogens with zero attached hydrogens (tertiary/aromatic N) is 4. The number of rotatable bonds is 4. The van der Waals surface area contributed by atoms with Gasteiger partial charge >= 0.3 is 5.69 Å². The van der Waals surface area contributed by atoms with Crippen LogP contribution in [-0.4, -0.2) is 31.8 Å². The minimum Gasteiger partial charge on any atom is -0.357 e. The number of H-pyrrole nitrogens is 1. The minimum atomic E-state index is -0.208. The summed E-state index contributed by atoms with van der Waals surface area (Å²) in [5.41, 5.74) is -0.208. The van der Waals surface area contributed by atoms with E-state index in [-0.39, 0.29) is 5.69 Å². The molecule has 110 valence electrons. The van der Waals surface area contributed by atoms with Crippen LogP contribution in [0.25, 0.3) is 10.2 Å². The zero-order chi connectivity index (χ0) is 15.0. The van der Waals surface area contributed by atoms with Gasteiger partial charge in [0, 0.05) is 23.9 Å². The second-order valence-corrected chi connectivity index (χ2v) is 6.53. The largest absolute Gasteiger partial charge is 0.357 e. The third-order valence-electron chi connectivity index (χ3n) is 2.93. The molecule has 0 unspecified atom stereocenters. The highest BCUT2D eigenvalue weighted by Gasteiger charge is 2.15. The second-order valence-electron chi connectivity index (χ2n) is 4.34. The lowest BCUT2D eigenvalue weighted by Crippen LogP contribution is -2.16. The van der Waals surface area contributed by atoms with Crippen molar-refractivity contribution in [3.8, 4) is 0 Å². The van der Waals surface area contributed by atoms with Crippen LogP contribution in [-0.2, 0) is 6.54 Å². The van der Waals surface area contributed by atoms with Gasteiger partial charge in [-0.1, -0.05) is 0 Å². The van der Waals surface area contributed by atoms with Crippen LogP contribution in [0.4, 0.5) is 5.95 Å². The van der Waals surface area contributed by atoms with Gasteiger partial charge in [0.1, 0.15) is 9.86 Å². The van der Waals surface area contributed by atoms with Gasteiger partial charge in [0.2, 0.25) is 5.95 Å². The summed E-state index contributed by atoms with van der Waals surface area (Å²) in [5, 5.41) is 11.9. The van der Waals surface area contributed by atoms with Crippen LogP contribution in [0.5, 0.6) is 0 Å². The number of aryl methyl sites for hydroxylation is 1. The van der Waals surface area contributed by atoms with E-state index in [2.05, 4.69) is 31.5 Å². The Bertz CT molecular complexity index is 849. The van der Waals surface area contributed by atoms with E-state index in [1.54, 1.807) is 23.0 Å². The van der Waals surface area contributed by atoms with Crippen LogP contribution in [0.2, 0.25) is 0 Å². The molecule has 0 spiro atoms. The van der Waals surface area contributed by atoms with Crippen molar-refractivity contribution in [3.05, 3.63) is 21.4 Å². The first-order valence-electron chi connectivity index (χ1n) is 6.41. The fourth-order valence-electron chi connectivity index (χ4n) is 1.95. The summed E-state index contributed by atoms with van der Waals surface area (Å²) >= 11 is 2.99. The summed E-state index contributed by atoms with van der Waals surface area (Å²) in [4.78, 5) is 22.7. The van der Waals surface area contributed by atoms with Crippen molar-refractivity contribution < 1.29 is 0 Å². The van der Waals surface area contributed by atoms with Crippen molar-refractivity contribution >= 4 is 39.3 Å². The third-order valence-corrected chi connectivity index (χ3v) is 4.88. The van der Waals surface area contributed by atoms with Gasteiger partial charge in [0.15, 0.2) is 5.16 Å². The van der Waals surface area contributed by atoms with Gasteiger partial charge in [-0.3, -0.25) is 4.57 Å². The van der Waals surface area contributed by atoms with Crippen LogP contribution in [0.3, 0.4) is 0 Å². The van der Waals surface area contributed by atoms with Gasteiger partial charge in [0.05, 0.1) is 0 Å². The number of hydrogen-bond acceptors (Lipinski definition) is 7. The molecule has 2 N–H and O–H groups in total. The van der Waals surface area contributed by atoms with E-state index in [0.29, 0.717) is 17.6 Å². The Balaban J connectivity index is 2.12. The van der Waals surface area contributed by atoms with E-state index in [0.717, 1.165) is 15.2 Å². The monoisotopic (exact) mass is 322 g/mol. The standard InChI is InChI=1S/C12H14N6OS2/c1-4-18-11(19)16-17-12(18)21-9-7-5-6(2)20-8(7)14-10(13-3)15-9/h5H,4H2,1-3H3,(H,16,19)(H,13,14,15). The normalized spacial score (nSPS) is 11.2. The van der Waals surface area contributed by atoms with Crippen molar-refractivity contribution in [2.75, 3.05) is 12.4 Å². The Labute approximate surface area is 128 Å². The molecule has 9 heteroatoms. The molecule has 0 radical (unpaired) electrons. The number of nitrogens with one attached hydrogen (secondary N) is 2. The molecule has 21 heavy (non-hydrogen) atoms. The molecule has 0 bridgehead atoms. The molecular formula is C12H14N6OS2. The van der Waals surface area contributed by atoms with Crippen molar-refractivity contribution in [3.63, 3.8) is 0 Å². The van der Waals surface area contributed by atoms with Gasteiger partial charge in [-0.15, -0.1) is 16.4 Å². The van der Waals surface area contributed by atoms with E-state index in [1.165, 1.54) is 16.6 Å².